The fourth-order valence-corrected chi connectivity index (χ4v) is 3.88. The van der Waals surface area contributed by atoms with Crippen LogP contribution in [0.25, 0.3) is 0 Å². The molecule has 1 aliphatic heterocycles. The molecule has 0 fully saturated rings. The lowest BCUT2D eigenvalue weighted by Gasteiger charge is -2.17. The quantitative estimate of drug-likeness (QED) is 0.880. The number of carbonyl (C=O) groups excluding carboxylic acids is 1. The Kier molecular flexibility index (Phi) is 4.67. The average Bonchev–Trinajstić information content (AvgIpc) is 2.98. The molecule has 0 atom stereocenters. The molecule has 1 heterocycles. The van der Waals surface area contributed by atoms with E-state index in [2.05, 4.69) is 17.6 Å². The largest absolute Gasteiger partial charge is 0.323 e. The minimum absolute atomic E-state index is 0.364. The number of anilines is 3. The summed E-state index contributed by atoms with van der Waals surface area (Å²) in [4.78, 5) is 12.2. The molecule has 2 aromatic rings. The van der Waals surface area contributed by atoms with E-state index in [0.717, 1.165) is 23.2 Å². The number of nitrogens with one attached hydrogen (secondary N) is 2. The molecule has 3 rings (SSSR count). The average molecular weight is 359 g/mol. The summed E-state index contributed by atoms with van der Waals surface area (Å²) in [6.45, 7) is 2.49. The number of amides is 2. The van der Waals surface area contributed by atoms with Gasteiger partial charge in [0.2, 0.25) is 10.0 Å². The maximum absolute atomic E-state index is 12.2. The van der Waals surface area contributed by atoms with Crippen molar-refractivity contribution in [2.24, 2.45) is 0 Å². The standard InChI is InChI=1S/C18H21N3O3S/c1-3-13-5-4-6-15(11-13)19-18(22)20-16-8-7-14-9-10-21(17(14)12-16)25(2,23)24/h4-8,11-12H,3,9-10H2,1-2H3,(H2,19,20,22). The van der Waals surface area contributed by atoms with Crippen LogP contribution in [0.5, 0.6) is 0 Å². The van der Waals surface area contributed by atoms with Gasteiger partial charge >= 0.3 is 6.03 Å². The lowest BCUT2D eigenvalue weighted by molar-refractivity contribution is 0.262. The molecule has 0 unspecified atom stereocenters. The van der Waals surface area contributed by atoms with Gasteiger partial charge in [-0.3, -0.25) is 4.31 Å². The third-order valence-electron chi connectivity index (χ3n) is 4.19. The van der Waals surface area contributed by atoms with Gasteiger partial charge in [-0.25, -0.2) is 13.2 Å². The van der Waals surface area contributed by atoms with Crippen molar-refractivity contribution in [3.8, 4) is 0 Å². The Hall–Kier alpha value is -2.54. The van der Waals surface area contributed by atoms with Crippen molar-refractivity contribution in [1.82, 2.24) is 0 Å². The second-order valence-corrected chi connectivity index (χ2v) is 7.97. The van der Waals surface area contributed by atoms with Gasteiger partial charge in [0.15, 0.2) is 0 Å². The monoisotopic (exact) mass is 359 g/mol. The van der Waals surface area contributed by atoms with Crippen LogP contribution in [-0.4, -0.2) is 27.2 Å². The van der Waals surface area contributed by atoms with Crippen LogP contribution in [0.4, 0.5) is 21.9 Å². The number of aryl methyl sites for hydroxylation is 1. The van der Waals surface area contributed by atoms with E-state index in [-0.39, 0.29) is 6.03 Å². The number of benzene rings is 2. The maximum Gasteiger partial charge on any atom is 0.323 e. The zero-order chi connectivity index (χ0) is 18.0. The molecule has 25 heavy (non-hydrogen) atoms. The lowest BCUT2D eigenvalue weighted by atomic mass is 10.1. The number of hydrogen-bond donors (Lipinski definition) is 2. The fraction of sp³-hybridized carbons (Fsp3) is 0.278. The van der Waals surface area contributed by atoms with E-state index in [9.17, 15) is 13.2 Å². The smallest absolute Gasteiger partial charge is 0.308 e. The van der Waals surface area contributed by atoms with Gasteiger partial charge in [0, 0.05) is 17.9 Å². The summed E-state index contributed by atoms with van der Waals surface area (Å²) in [5.74, 6) is 0. The Morgan fingerprint density at radius 1 is 1.12 bits per heavy atom. The van der Waals surface area contributed by atoms with Gasteiger partial charge in [0.1, 0.15) is 0 Å². The zero-order valence-corrected chi connectivity index (χ0v) is 15.1. The van der Waals surface area contributed by atoms with Crippen molar-refractivity contribution in [1.29, 1.82) is 0 Å². The predicted molar refractivity (Wildman–Crippen MR) is 101 cm³/mol. The highest BCUT2D eigenvalue weighted by Crippen LogP contribution is 2.32. The van der Waals surface area contributed by atoms with E-state index in [4.69, 9.17) is 0 Å². The van der Waals surface area contributed by atoms with E-state index in [1.54, 1.807) is 12.1 Å². The topological polar surface area (TPSA) is 78.5 Å². The molecule has 0 spiro atoms. The second-order valence-electron chi connectivity index (χ2n) is 6.06. The molecule has 0 saturated carbocycles. The fourth-order valence-electron chi connectivity index (χ4n) is 2.93. The summed E-state index contributed by atoms with van der Waals surface area (Å²) in [7, 11) is -3.31. The summed E-state index contributed by atoms with van der Waals surface area (Å²) in [6, 6.07) is 12.6. The maximum atomic E-state index is 12.2. The van der Waals surface area contributed by atoms with Crippen molar-refractivity contribution < 1.29 is 13.2 Å². The number of hydrogen-bond acceptors (Lipinski definition) is 3. The van der Waals surface area contributed by atoms with E-state index in [0.29, 0.717) is 24.3 Å². The molecule has 0 radical (unpaired) electrons. The highest BCUT2D eigenvalue weighted by atomic mass is 32.2. The molecular weight excluding hydrogens is 338 g/mol. The van der Waals surface area contributed by atoms with E-state index >= 15 is 0 Å². The predicted octanol–water partition coefficient (Wildman–Crippen LogP) is 3.22. The van der Waals surface area contributed by atoms with Crippen LogP contribution >= 0.6 is 0 Å². The summed E-state index contributed by atoms with van der Waals surface area (Å²) in [5, 5.41) is 5.55. The van der Waals surface area contributed by atoms with Gasteiger partial charge < -0.3 is 10.6 Å². The highest BCUT2D eigenvalue weighted by Gasteiger charge is 2.26. The van der Waals surface area contributed by atoms with E-state index in [1.165, 1.54) is 10.6 Å². The third kappa shape index (κ3) is 3.93. The molecule has 0 saturated heterocycles. The SMILES string of the molecule is CCc1cccc(NC(=O)Nc2ccc3c(c2)N(S(C)(=O)=O)CC3)c1. The first kappa shape index (κ1) is 17.3. The van der Waals surface area contributed by atoms with Crippen LogP contribution in [0.3, 0.4) is 0 Å². The van der Waals surface area contributed by atoms with E-state index in [1.807, 2.05) is 30.3 Å². The van der Waals surface area contributed by atoms with Crippen LogP contribution in [-0.2, 0) is 22.9 Å². The molecular formula is C18H21N3O3S. The molecule has 7 heteroatoms. The number of urea groups is 1. The minimum Gasteiger partial charge on any atom is -0.308 e. The molecule has 6 nitrogen and oxygen atoms in total. The summed E-state index contributed by atoms with van der Waals surface area (Å²) >= 11 is 0. The van der Waals surface area contributed by atoms with Crippen molar-refractivity contribution in [2.45, 2.75) is 19.8 Å². The van der Waals surface area contributed by atoms with Gasteiger partial charge in [-0.05, 0) is 48.2 Å². The van der Waals surface area contributed by atoms with Gasteiger partial charge in [0.05, 0.1) is 11.9 Å². The first-order valence-electron chi connectivity index (χ1n) is 8.14. The number of rotatable bonds is 4. The van der Waals surface area contributed by atoms with Crippen LogP contribution in [0.15, 0.2) is 42.5 Å². The Labute approximate surface area is 147 Å². The van der Waals surface area contributed by atoms with Crippen LogP contribution < -0.4 is 14.9 Å². The van der Waals surface area contributed by atoms with Crippen molar-refractivity contribution >= 4 is 33.1 Å². The van der Waals surface area contributed by atoms with E-state index < -0.39 is 10.0 Å². The van der Waals surface area contributed by atoms with Crippen LogP contribution in [0, 0.1) is 0 Å². The van der Waals surface area contributed by atoms with Crippen molar-refractivity contribution in [2.75, 3.05) is 27.7 Å². The number of nitrogens with zero attached hydrogens (tertiary/aromatic N) is 1. The molecule has 0 aliphatic carbocycles. The molecule has 0 aromatic heterocycles. The van der Waals surface area contributed by atoms with Gasteiger partial charge in [-0.2, -0.15) is 0 Å². The second kappa shape index (κ2) is 6.76. The van der Waals surface area contributed by atoms with Crippen LogP contribution in [0.2, 0.25) is 0 Å². The van der Waals surface area contributed by atoms with Gasteiger partial charge in [0.25, 0.3) is 0 Å². The minimum atomic E-state index is -3.31. The third-order valence-corrected chi connectivity index (χ3v) is 5.37. The highest BCUT2D eigenvalue weighted by molar-refractivity contribution is 7.92. The van der Waals surface area contributed by atoms with Gasteiger partial charge in [-0.15, -0.1) is 0 Å². The van der Waals surface area contributed by atoms with Crippen molar-refractivity contribution in [3.63, 3.8) is 0 Å². The lowest BCUT2D eigenvalue weighted by Crippen LogP contribution is -2.27. The Morgan fingerprint density at radius 3 is 2.52 bits per heavy atom. The zero-order valence-electron chi connectivity index (χ0n) is 14.2. The number of carbonyl (C=O) groups is 1. The van der Waals surface area contributed by atoms with Gasteiger partial charge in [-0.1, -0.05) is 25.1 Å². The molecule has 1 aliphatic rings. The summed E-state index contributed by atoms with van der Waals surface area (Å²) < 4.78 is 25.1. The van der Waals surface area contributed by atoms with Crippen LogP contribution in [0.1, 0.15) is 18.1 Å². The molecule has 2 amide bonds. The summed E-state index contributed by atoms with van der Waals surface area (Å²) in [5.41, 5.74) is 4.01. The number of fused-ring (bicyclic) bond motifs is 1. The Bertz CT molecular complexity index is 910. The normalized spacial score (nSPS) is 13.4. The first-order chi connectivity index (χ1) is 11.9. The summed E-state index contributed by atoms with van der Waals surface area (Å²) in [6.07, 6.45) is 2.76. The molecule has 2 aromatic carbocycles. The number of sulfonamides is 1. The molecule has 0 bridgehead atoms. The Balaban J connectivity index is 1.74. The molecule has 132 valence electrons. The Morgan fingerprint density at radius 2 is 1.84 bits per heavy atom. The van der Waals surface area contributed by atoms with Crippen molar-refractivity contribution in [3.05, 3.63) is 53.6 Å². The first-order valence-corrected chi connectivity index (χ1v) is 9.99. The molecule has 2 N–H and O–H groups in total.